The molecule has 0 saturated heterocycles. The molecule has 2 rings (SSSR count). The van der Waals surface area contributed by atoms with Gasteiger partial charge in [-0.1, -0.05) is 13.0 Å². The molecule has 0 saturated carbocycles. The molecule has 0 bridgehead atoms. The van der Waals surface area contributed by atoms with E-state index in [4.69, 9.17) is 5.26 Å². The number of imidazole rings is 1. The fraction of sp³-hybridized carbons (Fsp3) is 0.267. The van der Waals surface area contributed by atoms with Crippen LogP contribution in [0.25, 0.3) is 11.7 Å². The van der Waals surface area contributed by atoms with Crippen LogP contribution in [-0.2, 0) is 4.79 Å². The van der Waals surface area contributed by atoms with Gasteiger partial charge >= 0.3 is 0 Å². The molecule has 0 unspecified atom stereocenters. The van der Waals surface area contributed by atoms with E-state index in [1.165, 1.54) is 0 Å². The van der Waals surface area contributed by atoms with Gasteiger partial charge in [0.15, 0.2) is 0 Å². The Morgan fingerprint density at radius 3 is 3.10 bits per heavy atom. The second-order valence-electron chi connectivity index (χ2n) is 4.49. The summed E-state index contributed by atoms with van der Waals surface area (Å²) in [7, 11) is 0. The molecular weight excluding hydrogens is 252 g/mol. The van der Waals surface area contributed by atoms with Crippen LogP contribution in [-0.4, -0.2) is 21.8 Å². The minimum absolute atomic E-state index is 0.0850. The van der Waals surface area contributed by atoms with Crippen molar-refractivity contribution in [2.45, 2.75) is 20.3 Å². The van der Waals surface area contributed by atoms with E-state index in [2.05, 4.69) is 10.3 Å². The van der Waals surface area contributed by atoms with Gasteiger partial charge in [-0.05, 0) is 31.1 Å². The van der Waals surface area contributed by atoms with Gasteiger partial charge in [-0.3, -0.25) is 4.79 Å². The van der Waals surface area contributed by atoms with Gasteiger partial charge in [0.25, 0.3) is 5.91 Å². The molecule has 0 atom stereocenters. The summed E-state index contributed by atoms with van der Waals surface area (Å²) in [5.41, 5.74) is 2.67. The number of hydrogen-bond donors (Lipinski definition) is 1. The zero-order chi connectivity index (χ0) is 14.5. The lowest BCUT2D eigenvalue weighted by Gasteiger charge is -2.02. The summed E-state index contributed by atoms with van der Waals surface area (Å²) in [5.74, 6) is -0.350. The highest BCUT2D eigenvalue weighted by molar-refractivity contribution is 6.01. The van der Waals surface area contributed by atoms with Gasteiger partial charge in [-0.15, -0.1) is 0 Å². The van der Waals surface area contributed by atoms with Crippen molar-refractivity contribution in [2.75, 3.05) is 6.54 Å². The van der Waals surface area contributed by atoms with Crippen LogP contribution in [0.5, 0.6) is 0 Å². The molecule has 5 heteroatoms. The number of nitriles is 1. The van der Waals surface area contributed by atoms with Crippen LogP contribution >= 0.6 is 0 Å². The average Bonchev–Trinajstić information content (AvgIpc) is 2.86. The SMILES string of the molecule is CCCNC(=O)/C(C#N)=C\c1cnc2c(C)cccn12. The zero-order valence-electron chi connectivity index (χ0n) is 11.6. The van der Waals surface area contributed by atoms with Crippen molar-refractivity contribution in [3.8, 4) is 6.07 Å². The van der Waals surface area contributed by atoms with Crippen molar-refractivity contribution >= 4 is 17.6 Å². The van der Waals surface area contributed by atoms with Crippen LogP contribution < -0.4 is 5.32 Å². The van der Waals surface area contributed by atoms with Crippen LogP contribution in [0.3, 0.4) is 0 Å². The van der Waals surface area contributed by atoms with Crippen molar-refractivity contribution in [1.29, 1.82) is 5.26 Å². The van der Waals surface area contributed by atoms with Gasteiger partial charge in [0, 0.05) is 12.7 Å². The topological polar surface area (TPSA) is 70.2 Å². The van der Waals surface area contributed by atoms with E-state index < -0.39 is 0 Å². The van der Waals surface area contributed by atoms with Gasteiger partial charge < -0.3 is 9.72 Å². The number of carbonyl (C=O) groups is 1. The molecule has 1 N–H and O–H groups in total. The predicted octanol–water partition coefficient (Wildman–Crippen LogP) is 2.08. The Kier molecular flexibility index (Phi) is 4.16. The van der Waals surface area contributed by atoms with Gasteiger partial charge in [0.1, 0.15) is 17.3 Å². The standard InChI is InChI=1S/C15H16N4O/c1-3-6-17-15(20)12(9-16)8-13-10-18-14-11(2)5-4-7-19(13)14/h4-5,7-8,10H,3,6H2,1-2H3,(H,17,20)/b12-8-. The van der Waals surface area contributed by atoms with Gasteiger partial charge in [0.2, 0.25) is 0 Å². The molecular formula is C15H16N4O. The summed E-state index contributed by atoms with van der Waals surface area (Å²) in [6.45, 7) is 4.49. The predicted molar refractivity (Wildman–Crippen MR) is 76.8 cm³/mol. The first-order chi connectivity index (χ1) is 9.67. The largest absolute Gasteiger partial charge is 0.351 e. The number of amides is 1. The Morgan fingerprint density at radius 1 is 1.60 bits per heavy atom. The molecule has 2 aromatic heterocycles. The minimum atomic E-state index is -0.350. The number of hydrogen-bond acceptors (Lipinski definition) is 3. The van der Waals surface area contributed by atoms with E-state index in [-0.39, 0.29) is 11.5 Å². The Morgan fingerprint density at radius 2 is 2.40 bits per heavy atom. The normalized spacial score (nSPS) is 11.3. The Hall–Kier alpha value is -2.61. The third-order valence-corrected chi connectivity index (χ3v) is 2.95. The quantitative estimate of drug-likeness (QED) is 0.681. The van der Waals surface area contributed by atoms with Crippen LogP contribution in [0, 0.1) is 18.3 Å². The number of fused-ring (bicyclic) bond motifs is 1. The third kappa shape index (κ3) is 2.69. The summed E-state index contributed by atoms with van der Waals surface area (Å²) in [4.78, 5) is 16.1. The minimum Gasteiger partial charge on any atom is -0.351 e. The van der Waals surface area contributed by atoms with Gasteiger partial charge in [-0.25, -0.2) is 4.98 Å². The Labute approximate surface area is 117 Å². The molecule has 102 valence electrons. The third-order valence-electron chi connectivity index (χ3n) is 2.95. The zero-order valence-corrected chi connectivity index (χ0v) is 11.6. The molecule has 20 heavy (non-hydrogen) atoms. The van der Waals surface area contributed by atoms with Crippen molar-refractivity contribution in [2.24, 2.45) is 0 Å². The summed E-state index contributed by atoms with van der Waals surface area (Å²) < 4.78 is 1.86. The van der Waals surface area contributed by atoms with Crippen LogP contribution in [0.1, 0.15) is 24.6 Å². The fourth-order valence-corrected chi connectivity index (χ4v) is 1.91. The number of pyridine rings is 1. The lowest BCUT2D eigenvalue weighted by molar-refractivity contribution is -0.117. The lowest BCUT2D eigenvalue weighted by Crippen LogP contribution is -2.25. The summed E-state index contributed by atoms with van der Waals surface area (Å²) >= 11 is 0. The summed E-state index contributed by atoms with van der Waals surface area (Å²) in [6, 6.07) is 5.81. The van der Waals surface area contributed by atoms with Crippen LogP contribution in [0.15, 0.2) is 30.1 Å². The van der Waals surface area contributed by atoms with Crippen molar-refractivity contribution in [3.63, 3.8) is 0 Å². The Balaban J connectivity index is 2.38. The maximum atomic E-state index is 11.8. The number of aromatic nitrogens is 2. The molecule has 0 spiro atoms. The second kappa shape index (κ2) is 6.02. The lowest BCUT2D eigenvalue weighted by atomic mass is 10.2. The first-order valence-electron chi connectivity index (χ1n) is 6.50. The molecule has 0 aliphatic rings. The number of nitrogens with zero attached hydrogens (tertiary/aromatic N) is 3. The maximum absolute atomic E-state index is 11.8. The molecule has 0 aliphatic carbocycles. The number of nitrogens with one attached hydrogen (secondary N) is 1. The van der Waals surface area contributed by atoms with E-state index in [0.717, 1.165) is 17.6 Å². The molecule has 2 heterocycles. The molecule has 0 aromatic carbocycles. The summed E-state index contributed by atoms with van der Waals surface area (Å²) in [6.07, 6.45) is 5.91. The Bertz CT molecular complexity index is 706. The molecule has 1 amide bonds. The van der Waals surface area contributed by atoms with Crippen molar-refractivity contribution in [3.05, 3.63) is 41.4 Å². The molecule has 5 nitrogen and oxygen atoms in total. The number of aryl methyl sites for hydroxylation is 1. The number of rotatable bonds is 4. The van der Waals surface area contributed by atoms with E-state index >= 15 is 0 Å². The van der Waals surface area contributed by atoms with Crippen molar-refractivity contribution in [1.82, 2.24) is 14.7 Å². The highest BCUT2D eigenvalue weighted by Crippen LogP contribution is 2.13. The van der Waals surface area contributed by atoms with Gasteiger partial charge in [0.05, 0.1) is 11.9 Å². The second-order valence-corrected chi connectivity index (χ2v) is 4.49. The first-order valence-corrected chi connectivity index (χ1v) is 6.50. The average molecular weight is 268 g/mol. The highest BCUT2D eigenvalue weighted by atomic mass is 16.1. The number of carbonyl (C=O) groups excluding carboxylic acids is 1. The van der Waals surface area contributed by atoms with E-state index in [1.54, 1.807) is 12.3 Å². The monoisotopic (exact) mass is 268 g/mol. The van der Waals surface area contributed by atoms with E-state index in [0.29, 0.717) is 12.2 Å². The molecule has 0 fully saturated rings. The van der Waals surface area contributed by atoms with E-state index in [1.807, 2.05) is 42.6 Å². The smallest absolute Gasteiger partial charge is 0.262 e. The molecule has 0 aliphatic heterocycles. The maximum Gasteiger partial charge on any atom is 0.262 e. The summed E-state index contributed by atoms with van der Waals surface area (Å²) in [5, 5.41) is 11.8. The molecule has 2 aromatic rings. The van der Waals surface area contributed by atoms with E-state index in [9.17, 15) is 4.79 Å². The van der Waals surface area contributed by atoms with Crippen molar-refractivity contribution < 1.29 is 4.79 Å². The van der Waals surface area contributed by atoms with Crippen LogP contribution in [0.4, 0.5) is 0 Å². The highest BCUT2D eigenvalue weighted by Gasteiger charge is 2.10. The van der Waals surface area contributed by atoms with Crippen LogP contribution in [0.2, 0.25) is 0 Å². The fourth-order valence-electron chi connectivity index (χ4n) is 1.91. The first kappa shape index (κ1) is 13.8. The van der Waals surface area contributed by atoms with Gasteiger partial charge in [-0.2, -0.15) is 5.26 Å². The molecule has 0 radical (unpaired) electrons.